The average Bonchev–Trinajstić information content (AvgIpc) is 2.09. The molecular formula is C10H11FN2O3. The fraction of sp³-hybridized carbons (Fsp3) is 0.500. The van der Waals surface area contributed by atoms with Crippen molar-refractivity contribution in [2.45, 2.75) is 31.6 Å². The topological polar surface area (TPSA) is 83.0 Å². The molecule has 2 N–H and O–H groups in total. The van der Waals surface area contributed by atoms with Gasteiger partial charge in [-0.2, -0.15) is 4.39 Å². The number of aromatic amines is 1. The highest BCUT2D eigenvalue weighted by Crippen LogP contribution is 2.35. The third-order valence-corrected chi connectivity index (χ3v) is 2.75. The van der Waals surface area contributed by atoms with Crippen LogP contribution in [-0.2, 0) is 11.2 Å². The summed E-state index contributed by atoms with van der Waals surface area (Å²) < 4.78 is 13.4. The Hall–Kier alpha value is -1.72. The molecule has 1 aliphatic carbocycles. The molecule has 0 unspecified atom stereocenters. The SMILES string of the molecule is O=C(O)Cc1nc(C2CCC2)c(F)c(=O)[nH]1. The van der Waals surface area contributed by atoms with Gasteiger partial charge in [-0.3, -0.25) is 9.59 Å². The number of H-pyrrole nitrogens is 1. The first-order valence-corrected chi connectivity index (χ1v) is 5.08. The van der Waals surface area contributed by atoms with Crippen molar-refractivity contribution in [3.8, 4) is 0 Å². The second-order valence-corrected chi connectivity index (χ2v) is 3.91. The molecule has 0 atom stereocenters. The second-order valence-electron chi connectivity index (χ2n) is 3.91. The third-order valence-electron chi connectivity index (χ3n) is 2.75. The number of aliphatic carboxylic acids is 1. The van der Waals surface area contributed by atoms with E-state index in [4.69, 9.17) is 5.11 Å². The second kappa shape index (κ2) is 4.03. The van der Waals surface area contributed by atoms with E-state index in [9.17, 15) is 14.0 Å². The predicted molar refractivity (Wildman–Crippen MR) is 52.7 cm³/mol. The molecule has 0 amide bonds. The molecule has 86 valence electrons. The van der Waals surface area contributed by atoms with Crippen molar-refractivity contribution < 1.29 is 14.3 Å². The minimum atomic E-state index is -1.10. The summed E-state index contributed by atoms with van der Waals surface area (Å²) in [6.07, 6.45) is 2.21. The molecule has 16 heavy (non-hydrogen) atoms. The van der Waals surface area contributed by atoms with Crippen LogP contribution < -0.4 is 5.56 Å². The third kappa shape index (κ3) is 1.95. The van der Waals surface area contributed by atoms with E-state index in [0.29, 0.717) is 0 Å². The van der Waals surface area contributed by atoms with Gasteiger partial charge in [0.05, 0.1) is 5.69 Å². The first kappa shape index (κ1) is 10.8. The van der Waals surface area contributed by atoms with Gasteiger partial charge in [0, 0.05) is 5.92 Å². The van der Waals surface area contributed by atoms with Crippen LogP contribution in [0, 0.1) is 5.82 Å². The fourth-order valence-corrected chi connectivity index (χ4v) is 1.70. The maximum Gasteiger partial charge on any atom is 0.311 e. The largest absolute Gasteiger partial charge is 0.481 e. The number of nitrogens with zero attached hydrogens (tertiary/aromatic N) is 1. The van der Waals surface area contributed by atoms with E-state index in [1.165, 1.54) is 0 Å². The molecule has 1 fully saturated rings. The summed E-state index contributed by atoms with van der Waals surface area (Å²) in [6.45, 7) is 0. The number of hydrogen-bond acceptors (Lipinski definition) is 3. The van der Waals surface area contributed by atoms with E-state index in [1.54, 1.807) is 0 Å². The Morgan fingerprint density at radius 1 is 1.56 bits per heavy atom. The normalized spacial score (nSPS) is 15.8. The molecule has 0 aliphatic heterocycles. The van der Waals surface area contributed by atoms with Gasteiger partial charge in [-0.15, -0.1) is 0 Å². The van der Waals surface area contributed by atoms with Crippen molar-refractivity contribution in [3.63, 3.8) is 0 Å². The number of carboxylic acids is 1. The van der Waals surface area contributed by atoms with Gasteiger partial charge in [0.2, 0.25) is 5.82 Å². The molecular weight excluding hydrogens is 215 g/mol. The Morgan fingerprint density at radius 3 is 2.75 bits per heavy atom. The van der Waals surface area contributed by atoms with Gasteiger partial charge in [0.25, 0.3) is 5.56 Å². The summed E-state index contributed by atoms with van der Waals surface area (Å²) in [5.74, 6) is -2.00. The quantitative estimate of drug-likeness (QED) is 0.798. The number of carboxylic acid groups (broad SMARTS) is 1. The van der Waals surface area contributed by atoms with E-state index < -0.39 is 23.8 Å². The number of hydrogen-bond donors (Lipinski definition) is 2. The lowest BCUT2D eigenvalue weighted by Crippen LogP contribution is -2.24. The van der Waals surface area contributed by atoms with Crippen LogP contribution in [-0.4, -0.2) is 21.0 Å². The first-order valence-electron chi connectivity index (χ1n) is 5.08. The summed E-state index contributed by atoms with van der Waals surface area (Å²) in [7, 11) is 0. The van der Waals surface area contributed by atoms with E-state index >= 15 is 0 Å². The molecule has 5 nitrogen and oxygen atoms in total. The van der Waals surface area contributed by atoms with Gasteiger partial charge >= 0.3 is 5.97 Å². The number of rotatable bonds is 3. The van der Waals surface area contributed by atoms with Gasteiger partial charge in [-0.05, 0) is 12.8 Å². The molecule has 1 aromatic rings. The van der Waals surface area contributed by atoms with E-state index in [2.05, 4.69) is 9.97 Å². The lowest BCUT2D eigenvalue weighted by molar-refractivity contribution is -0.136. The lowest BCUT2D eigenvalue weighted by Gasteiger charge is -2.24. The molecule has 0 radical (unpaired) electrons. The minimum Gasteiger partial charge on any atom is -0.481 e. The first-order chi connectivity index (χ1) is 7.58. The summed E-state index contributed by atoms with van der Waals surface area (Å²) in [6, 6.07) is 0. The van der Waals surface area contributed by atoms with Crippen molar-refractivity contribution in [2.24, 2.45) is 0 Å². The van der Waals surface area contributed by atoms with Gasteiger partial charge in [0.1, 0.15) is 12.2 Å². The Kier molecular flexibility index (Phi) is 2.72. The van der Waals surface area contributed by atoms with Crippen molar-refractivity contribution in [2.75, 3.05) is 0 Å². The van der Waals surface area contributed by atoms with Gasteiger partial charge in [0.15, 0.2) is 0 Å². The average molecular weight is 226 g/mol. The van der Waals surface area contributed by atoms with Crippen LogP contribution >= 0.6 is 0 Å². The molecule has 0 saturated heterocycles. The zero-order valence-corrected chi connectivity index (χ0v) is 8.49. The number of aromatic nitrogens is 2. The van der Waals surface area contributed by atoms with Crippen LogP contribution in [0.3, 0.4) is 0 Å². The molecule has 1 aromatic heterocycles. The van der Waals surface area contributed by atoms with E-state index in [1.807, 2.05) is 0 Å². The Morgan fingerprint density at radius 2 is 2.25 bits per heavy atom. The van der Waals surface area contributed by atoms with E-state index in [-0.39, 0.29) is 17.4 Å². The van der Waals surface area contributed by atoms with Crippen LogP contribution in [0.15, 0.2) is 4.79 Å². The molecule has 1 heterocycles. The molecule has 0 spiro atoms. The van der Waals surface area contributed by atoms with E-state index in [0.717, 1.165) is 19.3 Å². The van der Waals surface area contributed by atoms with Crippen molar-refractivity contribution in [3.05, 3.63) is 27.7 Å². The Balaban J connectivity index is 2.38. The molecule has 1 aliphatic rings. The lowest BCUT2D eigenvalue weighted by atomic mass is 9.82. The van der Waals surface area contributed by atoms with Crippen molar-refractivity contribution in [1.82, 2.24) is 9.97 Å². The van der Waals surface area contributed by atoms with Gasteiger partial charge in [-0.25, -0.2) is 4.98 Å². The number of nitrogens with one attached hydrogen (secondary N) is 1. The maximum atomic E-state index is 13.4. The molecule has 6 heteroatoms. The summed E-state index contributed by atoms with van der Waals surface area (Å²) in [5.41, 5.74) is -0.764. The van der Waals surface area contributed by atoms with Crippen LogP contribution in [0.2, 0.25) is 0 Å². The molecule has 0 aromatic carbocycles. The number of halogens is 1. The zero-order chi connectivity index (χ0) is 11.7. The Bertz CT molecular complexity index is 479. The molecule has 0 bridgehead atoms. The highest BCUT2D eigenvalue weighted by molar-refractivity contribution is 5.68. The van der Waals surface area contributed by atoms with Gasteiger partial charge in [-0.1, -0.05) is 6.42 Å². The monoisotopic (exact) mass is 226 g/mol. The summed E-state index contributed by atoms with van der Waals surface area (Å²) >= 11 is 0. The summed E-state index contributed by atoms with van der Waals surface area (Å²) in [5, 5.41) is 8.57. The summed E-state index contributed by atoms with van der Waals surface area (Å²) in [4.78, 5) is 27.7. The fourth-order valence-electron chi connectivity index (χ4n) is 1.70. The zero-order valence-electron chi connectivity index (χ0n) is 8.49. The van der Waals surface area contributed by atoms with Crippen LogP contribution in [0.25, 0.3) is 0 Å². The Labute approximate surface area is 90.3 Å². The number of carbonyl (C=O) groups is 1. The molecule has 1 saturated carbocycles. The van der Waals surface area contributed by atoms with Crippen LogP contribution in [0.4, 0.5) is 4.39 Å². The minimum absolute atomic E-state index is 0.0146. The van der Waals surface area contributed by atoms with Crippen LogP contribution in [0.5, 0.6) is 0 Å². The predicted octanol–water partition coefficient (Wildman–Crippen LogP) is 0.804. The van der Waals surface area contributed by atoms with Gasteiger partial charge < -0.3 is 10.1 Å². The highest BCUT2D eigenvalue weighted by atomic mass is 19.1. The van der Waals surface area contributed by atoms with Crippen molar-refractivity contribution >= 4 is 5.97 Å². The van der Waals surface area contributed by atoms with Crippen molar-refractivity contribution in [1.29, 1.82) is 0 Å². The smallest absolute Gasteiger partial charge is 0.311 e. The van der Waals surface area contributed by atoms with Crippen LogP contribution in [0.1, 0.15) is 36.7 Å². The highest BCUT2D eigenvalue weighted by Gasteiger charge is 2.26. The maximum absolute atomic E-state index is 13.4. The molecule has 2 rings (SSSR count). The standard InChI is InChI=1S/C10H11FN2O3/c11-8-9(5-2-1-3-5)12-6(4-7(14)15)13-10(8)16/h5H,1-4H2,(H,14,15)(H,12,13,16).